The van der Waals surface area contributed by atoms with Crippen LogP contribution in [0.1, 0.15) is 35.2 Å². The maximum Gasteiger partial charge on any atom is 0.253 e. The number of carbonyl (C=O) groups is 1. The van der Waals surface area contributed by atoms with Crippen LogP contribution >= 0.6 is 23.2 Å². The summed E-state index contributed by atoms with van der Waals surface area (Å²) in [7, 11) is 0. The molecule has 2 fully saturated rings. The van der Waals surface area contributed by atoms with E-state index in [0.29, 0.717) is 28.7 Å². The van der Waals surface area contributed by atoms with E-state index in [0.717, 1.165) is 31.4 Å². The number of nitrogens with one attached hydrogen (secondary N) is 1. The second-order valence-corrected chi connectivity index (χ2v) is 7.53. The van der Waals surface area contributed by atoms with Gasteiger partial charge in [0.15, 0.2) is 0 Å². The van der Waals surface area contributed by atoms with Crippen LogP contribution in [0.2, 0.25) is 10.0 Å². The van der Waals surface area contributed by atoms with Crippen molar-refractivity contribution in [3.8, 4) is 0 Å². The Morgan fingerprint density at radius 2 is 2.13 bits per heavy atom. The predicted molar refractivity (Wildman–Crippen MR) is 92.3 cm³/mol. The van der Waals surface area contributed by atoms with Crippen LogP contribution in [0.3, 0.4) is 0 Å². The summed E-state index contributed by atoms with van der Waals surface area (Å²) in [6.45, 7) is 4.18. The Labute approximate surface area is 146 Å². The molecule has 2 N–H and O–H groups in total. The van der Waals surface area contributed by atoms with Gasteiger partial charge in [0.2, 0.25) is 0 Å². The lowest BCUT2D eigenvalue weighted by atomic mass is 9.70. The van der Waals surface area contributed by atoms with Crippen molar-refractivity contribution in [3.63, 3.8) is 0 Å². The zero-order valence-corrected chi connectivity index (χ0v) is 14.8. The van der Waals surface area contributed by atoms with Crippen molar-refractivity contribution < 1.29 is 9.90 Å². The highest BCUT2D eigenvalue weighted by molar-refractivity contribution is 6.36. The fraction of sp³-hybridized carbons (Fsp3) is 0.588. The van der Waals surface area contributed by atoms with Gasteiger partial charge in [-0.1, -0.05) is 23.2 Å². The number of hydrogen-bond acceptors (Lipinski definition) is 3. The Hall–Kier alpha value is -0.810. The Bertz CT molecular complexity index is 600. The predicted octanol–water partition coefficient (Wildman–Crippen LogP) is 2.88. The first kappa shape index (κ1) is 17.0. The van der Waals surface area contributed by atoms with E-state index in [1.165, 1.54) is 0 Å². The molecule has 23 heavy (non-hydrogen) atoms. The smallest absolute Gasteiger partial charge is 0.253 e. The topological polar surface area (TPSA) is 52.6 Å². The summed E-state index contributed by atoms with van der Waals surface area (Å²) in [4.78, 5) is 14.7. The van der Waals surface area contributed by atoms with E-state index in [-0.39, 0.29) is 24.0 Å². The highest BCUT2D eigenvalue weighted by atomic mass is 35.5. The number of likely N-dealkylation sites (tertiary alicyclic amines) is 1. The van der Waals surface area contributed by atoms with Crippen molar-refractivity contribution in [3.05, 3.63) is 33.3 Å². The number of carbonyl (C=O) groups excluding carboxylic acids is 1. The van der Waals surface area contributed by atoms with Gasteiger partial charge >= 0.3 is 0 Å². The summed E-state index contributed by atoms with van der Waals surface area (Å²) >= 11 is 12.3. The summed E-state index contributed by atoms with van der Waals surface area (Å²) in [5, 5.41) is 14.5. The van der Waals surface area contributed by atoms with Gasteiger partial charge in [0.1, 0.15) is 0 Å². The molecule has 2 atom stereocenters. The van der Waals surface area contributed by atoms with Gasteiger partial charge in [0, 0.05) is 40.2 Å². The summed E-state index contributed by atoms with van der Waals surface area (Å²) < 4.78 is 0. The van der Waals surface area contributed by atoms with Gasteiger partial charge < -0.3 is 15.3 Å². The minimum Gasteiger partial charge on any atom is -0.396 e. The van der Waals surface area contributed by atoms with Crippen LogP contribution in [0.15, 0.2) is 12.1 Å². The molecule has 1 aromatic rings. The maximum absolute atomic E-state index is 12.9. The third-order valence-corrected chi connectivity index (χ3v) is 6.09. The lowest BCUT2D eigenvalue weighted by Gasteiger charge is -2.50. The molecule has 0 bridgehead atoms. The molecule has 6 heteroatoms. The number of piperidine rings is 2. The quantitative estimate of drug-likeness (QED) is 0.856. The van der Waals surface area contributed by atoms with Crippen molar-refractivity contribution in [2.45, 2.75) is 32.2 Å². The molecule has 4 nitrogen and oxygen atoms in total. The fourth-order valence-electron chi connectivity index (χ4n) is 3.81. The molecule has 1 aromatic carbocycles. The largest absolute Gasteiger partial charge is 0.396 e. The third-order valence-electron chi connectivity index (χ3n) is 5.30. The average molecular weight is 357 g/mol. The summed E-state index contributed by atoms with van der Waals surface area (Å²) in [6, 6.07) is 3.65. The average Bonchev–Trinajstić information content (AvgIpc) is 2.58. The monoisotopic (exact) mass is 356 g/mol. The Morgan fingerprint density at radius 3 is 2.78 bits per heavy atom. The Kier molecular flexibility index (Phi) is 4.88. The first-order chi connectivity index (χ1) is 11.0. The van der Waals surface area contributed by atoms with E-state index < -0.39 is 0 Å². The van der Waals surface area contributed by atoms with Crippen molar-refractivity contribution in [2.75, 3.05) is 26.2 Å². The van der Waals surface area contributed by atoms with Crippen LogP contribution in [0.5, 0.6) is 0 Å². The molecule has 0 aromatic heterocycles. The first-order valence-corrected chi connectivity index (χ1v) is 8.81. The van der Waals surface area contributed by atoms with E-state index >= 15 is 0 Å². The molecule has 2 aliphatic rings. The minimum atomic E-state index is -0.232. The zero-order valence-electron chi connectivity index (χ0n) is 13.2. The van der Waals surface area contributed by atoms with Crippen molar-refractivity contribution in [1.29, 1.82) is 0 Å². The van der Waals surface area contributed by atoms with Crippen LogP contribution in [0.25, 0.3) is 0 Å². The molecule has 2 unspecified atom stereocenters. The lowest BCUT2D eigenvalue weighted by Crippen LogP contribution is -2.62. The minimum absolute atomic E-state index is 0.0642. The maximum atomic E-state index is 12.9. The number of rotatable bonds is 2. The third kappa shape index (κ3) is 3.10. The summed E-state index contributed by atoms with van der Waals surface area (Å²) in [5.74, 6) is -0.0642. The van der Waals surface area contributed by atoms with E-state index in [4.69, 9.17) is 23.2 Å². The number of aliphatic hydroxyl groups is 1. The zero-order chi connectivity index (χ0) is 16.6. The molecule has 2 saturated heterocycles. The first-order valence-electron chi connectivity index (χ1n) is 8.06. The SMILES string of the molecule is Cc1c(Cl)cc(C(=O)N2CCC3NCCCC3(CO)C2)cc1Cl. The van der Waals surface area contributed by atoms with Crippen LogP contribution in [-0.4, -0.2) is 48.2 Å². The Balaban J connectivity index is 1.83. The molecule has 2 heterocycles. The molecule has 126 valence electrons. The normalized spacial score (nSPS) is 27.7. The van der Waals surface area contributed by atoms with Gasteiger partial charge in [-0.3, -0.25) is 4.79 Å². The van der Waals surface area contributed by atoms with E-state index in [9.17, 15) is 9.90 Å². The molecular weight excluding hydrogens is 335 g/mol. The molecule has 0 radical (unpaired) electrons. The van der Waals surface area contributed by atoms with E-state index in [2.05, 4.69) is 5.32 Å². The number of amides is 1. The fourth-order valence-corrected chi connectivity index (χ4v) is 4.30. The van der Waals surface area contributed by atoms with Crippen LogP contribution in [-0.2, 0) is 0 Å². The molecule has 1 amide bonds. The number of hydrogen-bond donors (Lipinski definition) is 2. The highest BCUT2D eigenvalue weighted by Gasteiger charge is 2.45. The number of nitrogens with zero attached hydrogens (tertiary/aromatic N) is 1. The van der Waals surface area contributed by atoms with E-state index in [1.54, 1.807) is 12.1 Å². The number of aliphatic hydroxyl groups excluding tert-OH is 1. The number of fused-ring (bicyclic) bond motifs is 1. The second kappa shape index (κ2) is 6.60. The van der Waals surface area contributed by atoms with Gasteiger partial charge in [-0.05, 0) is 50.4 Å². The highest BCUT2D eigenvalue weighted by Crippen LogP contribution is 2.37. The van der Waals surface area contributed by atoms with Crippen LogP contribution < -0.4 is 5.32 Å². The van der Waals surface area contributed by atoms with Gasteiger partial charge in [-0.25, -0.2) is 0 Å². The van der Waals surface area contributed by atoms with Crippen molar-refractivity contribution in [1.82, 2.24) is 10.2 Å². The molecular formula is C17H22Cl2N2O2. The molecule has 0 spiro atoms. The number of halogens is 2. The van der Waals surface area contributed by atoms with Crippen LogP contribution in [0, 0.1) is 12.3 Å². The van der Waals surface area contributed by atoms with Crippen LogP contribution in [0.4, 0.5) is 0 Å². The van der Waals surface area contributed by atoms with Crippen molar-refractivity contribution >= 4 is 29.1 Å². The second-order valence-electron chi connectivity index (χ2n) is 6.71. The molecule has 3 rings (SSSR count). The van der Waals surface area contributed by atoms with Gasteiger partial charge in [-0.15, -0.1) is 0 Å². The molecule has 2 aliphatic heterocycles. The lowest BCUT2D eigenvalue weighted by molar-refractivity contribution is -0.0137. The standard InChI is InChI=1S/C17H22Cl2N2O2/c1-11-13(18)7-12(8-14(11)19)16(23)21-6-3-15-17(9-21,10-22)4-2-5-20-15/h7-8,15,20,22H,2-6,9-10H2,1H3. The molecule has 0 aliphatic carbocycles. The van der Waals surface area contributed by atoms with Crippen molar-refractivity contribution in [2.24, 2.45) is 5.41 Å². The van der Waals surface area contributed by atoms with Gasteiger partial charge in [0.05, 0.1) is 6.61 Å². The Morgan fingerprint density at radius 1 is 1.43 bits per heavy atom. The number of benzene rings is 1. The van der Waals surface area contributed by atoms with Gasteiger partial charge in [-0.2, -0.15) is 0 Å². The summed E-state index contributed by atoms with van der Waals surface area (Å²) in [5.41, 5.74) is 1.07. The summed E-state index contributed by atoms with van der Waals surface area (Å²) in [6.07, 6.45) is 2.83. The van der Waals surface area contributed by atoms with Gasteiger partial charge in [0.25, 0.3) is 5.91 Å². The van der Waals surface area contributed by atoms with E-state index in [1.807, 2.05) is 11.8 Å². The molecule has 0 saturated carbocycles.